The number of halogens is 1. The molecule has 1 atom stereocenters. The second-order valence-electron chi connectivity index (χ2n) is 5.24. The zero-order valence-electron chi connectivity index (χ0n) is 11.4. The Labute approximate surface area is 112 Å². The van der Waals surface area contributed by atoms with Crippen LogP contribution in [0.15, 0.2) is 0 Å². The second kappa shape index (κ2) is 8.76. The Morgan fingerprint density at radius 3 is 2.71 bits per heavy atom. The van der Waals surface area contributed by atoms with Crippen LogP contribution < -0.4 is 5.32 Å². The van der Waals surface area contributed by atoms with Crippen molar-refractivity contribution in [3.05, 3.63) is 0 Å². The number of likely N-dealkylation sites (N-methyl/N-ethyl adjacent to an activating group) is 1. The van der Waals surface area contributed by atoms with E-state index in [4.69, 9.17) is 0 Å². The minimum absolute atomic E-state index is 0. The average Bonchev–Trinajstić information content (AvgIpc) is 2.27. The quantitative estimate of drug-likeness (QED) is 0.826. The Bertz CT molecular complexity index is 221. The molecular formula is C13H27ClN2O. The molecule has 1 fully saturated rings. The van der Waals surface area contributed by atoms with Crippen LogP contribution in [0.25, 0.3) is 0 Å². The van der Waals surface area contributed by atoms with Crippen molar-refractivity contribution in [2.45, 2.75) is 52.0 Å². The van der Waals surface area contributed by atoms with E-state index in [-0.39, 0.29) is 18.3 Å². The van der Waals surface area contributed by atoms with Gasteiger partial charge in [-0.25, -0.2) is 0 Å². The van der Waals surface area contributed by atoms with Crippen molar-refractivity contribution in [2.24, 2.45) is 5.92 Å². The number of hydrogen-bond donors (Lipinski definition) is 1. The molecule has 0 aliphatic carbocycles. The van der Waals surface area contributed by atoms with Gasteiger partial charge in [-0.2, -0.15) is 0 Å². The van der Waals surface area contributed by atoms with Crippen LogP contribution in [-0.2, 0) is 4.79 Å². The Kier molecular flexibility index (Phi) is 8.61. The van der Waals surface area contributed by atoms with Gasteiger partial charge in [0.1, 0.15) is 0 Å². The number of carbonyl (C=O) groups is 1. The summed E-state index contributed by atoms with van der Waals surface area (Å²) in [5, 5.41) is 2.96. The van der Waals surface area contributed by atoms with Crippen LogP contribution in [0.2, 0.25) is 0 Å². The van der Waals surface area contributed by atoms with Crippen LogP contribution in [0, 0.1) is 5.92 Å². The largest absolute Gasteiger partial charge is 0.339 e. The number of likely N-dealkylation sites (tertiary alicyclic amines) is 1. The molecule has 1 N–H and O–H groups in total. The fourth-order valence-electron chi connectivity index (χ4n) is 2.41. The molecule has 1 aliphatic heterocycles. The normalized spacial score (nSPS) is 20.2. The Balaban J connectivity index is 0.00000256. The molecule has 17 heavy (non-hydrogen) atoms. The van der Waals surface area contributed by atoms with E-state index in [0.29, 0.717) is 12.6 Å². The van der Waals surface area contributed by atoms with Crippen LogP contribution in [0.1, 0.15) is 46.0 Å². The van der Waals surface area contributed by atoms with E-state index in [1.807, 2.05) is 7.05 Å². The average molecular weight is 263 g/mol. The van der Waals surface area contributed by atoms with Crippen molar-refractivity contribution in [2.75, 3.05) is 20.1 Å². The molecule has 102 valence electrons. The number of amides is 1. The van der Waals surface area contributed by atoms with E-state index in [9.17, 15) is 4.79 Å². The van der Waals surface area contributed by atoms with Gasteiger partial charge < -0.3 is 10.2 Å². The SMILES string of the molecule is CNCC(=O)N1CCCCC1CCC(C)C.Cl. The summed E-state index contributed by atoms with van der Waals surface area (Å²) >= 11 is 0. The lowest BCUT2D eigenvalue weighted by Gasteiger charge is -2.36. The van der Waals surface area contributed by atoms with Gasteiger partial charge >= 0.3 is 0 Å². The van der Waals surface area contributed by atoms with Crippen molar-refractivity contribution in [3.63, 3.8) is 0 Å². The minimum Gasteiger partial charge on any atom is -0.339 e. The molecule has 1 saturated heterocycles. The van der Waals surface area contributed by atoms with Crippen LogP contribution in [0.5, 0.6) is 0 Å². The molecule has 0 spiro atoms. The molecular weight excluding hydrogens is 236 g/mol. The lowest BCUT2D eigenvalue weighted by molar-refractivity contribution is -0.134. The van der Waals surface area contributed by atoms with Crippen molar-refractivity contribution in [3.8, 4) is 0 Å². The predicted octanol–water partition coefficient (Wildman–Crippen LogP) is 2.44. The molecule has 4 heteroatoms. The van der Waals surface area contributed by atoms with Gasteiger partial charge in [0.15, 0.2) is 0 Å². The summed E-state index contributed by atoms with van der Waals surface area (Å²) in [6.45, 7) is 5.95. The molecule has 0 bridgehead atoms. The lowest BCUT2D eigenvalue weighted by Crippen LogP contribution is -2.46. The molecule has 0 aromatic rings. The van der Waals surface area contributed by atoms with Gasteiger partial charge in [0, 0.05) is 12.6 Å². The molecule has 1 amide bonds. The molecule has 0 radical (unpaired) electrons. The summed E-state index contributed by atoms with van der Waals surface area (Å²) in [5.41, 5.74) is 0. The summed E-state index contributed by atoms with van der Waals surface area (Å²) in [4.78, 5) is 14.0. The van der Waals surface area contributed by atoms with Crippen molar-refractivity contribution >= 4 is 18.3 Å². The fourth-order valence-corrected chi connectivity index (χ4v) is 2.41. The van der Waals surface area contributed by atoms with E-state index in [0.717, 1.165) is 12.5 Å². The smallest absolute Gasteiger partial charge is 0.236 e. The number of nitrogens with zero attached hydrogens (tertiary/aromatic N) is 1. The zero-order chi connectivity index (χ0) is 12.0. The van der Waals surface area contributed by atoms with E-state index < -0.39 is 0 Å². The molecule has 1 rings (SSSR count). The van der Waals surface area contributed by atoms with Gasteiger partial charge in [0.25, 0.3) is 0 Å². The summed E-state index contributed by atoms with van der Waals surface area (Å²) < 4.78 is 0. The number of carbonyl (C=O) groups excluding carboxylic acids is 1. The first-order valence-electron chi connectivity index (χ1n) is 6.59. The monoisotopic (exact) mass is 262 g/mol. The Morgan fingerprint density at radius 1 is 1.41 bits per heavy atom. The molecule has 0 aromatic heterocycles. The molecule has 1 aliphatic rings. The number of rotatable bonds is 5. The number of hydrogen-bond acceptors (Lipinski definition) is 2. The summed E-state index contributed by atoms with van der Waals surface area (Å²) in [6.07, 6.45) is 6.06. The van der Waals surface area contributed by atoms with Crippen LogP contribution in [0.3, 0.4) is 0 Å². The van der Waals surface area contributed by atoms with Gasteiger partial charge in [-0.05, 0) is 45.1 Å². The first-order valence-corrected chi connectivity index (χ1v) is 6.59. The number of nitrogens with one attached hydrogen (secondary N) is 1. The molecule has 1 heterocycles. The third-order valence-corrected chi connectivity index (χ3v) is 3.35. The summed E-state index contributed by atoms with van der Waals surface area (Å²) in [6, 6.07) is 0.497. The first kappa shape index (κ1) is 16.7. The zero-order valence-corrected chi connectivity index (χ0v) is 12.2. The van der Waals surface area contributed by atoms with Gasteiger partial charge in [-0.15, -0.1) is 12.4 Å². The summed E-state index contributed by atoms with van der Waals surface area (Å²) in [7, 11) is 1.84. The van der Waals surface area contributed by atoms with Gasteiger partial charge in [0.2, 0.25) is 5.91 Å². The van der Waals surface area contributed by atoms with E-state index in [1.165, 1.54) is 32.1 Å². The first-order chi connectivity index (χ1) is 7.65. The summed E-state index contributed by atoms with van der Waals surface area (Å²) in [5.74, 6) is 1.01. The maximum atomic E-state index is 11.9. The van der Waals surface area contributed by atoms with Crippen LogP contribution in [-0.4, -0.2) is 37.0 Å². The molecule has 0 aromatic carbocycles. The predicted molar refractivity (Wildman–Crippen MR) is 74.6 cm³/mol. The van der Waals surface area contributed by atoms with Crippen LogP contribution in [0.4, 0.5) is 0 Å². The fraction of sp³-hybridized carbons (Fsp3) is 0.923. The maximum absolute atomic E-state index is 11.9. The van der Waals surface area contributed by atoms with E-state index in [2.05, 4.69) is 24.1 Å². The highest BCUT2D eigenvalue weighted by atomic mass is 35.5. The van der Waals surface area contributed by atoms with Crippen molar-refractivity contribution < 1.29 is 4.79 Å². The highest BCUT2D eigenvalue weighted by molar-refractivity contribution is 5.85. The van der Waals surface area contributed by atoms with Gasteiger partial charge in [-0.3, -0.25) is 4.79 Å². The highest BCUT2D eigenvalue weighted by Crippen LogP contribution is 2.22. The minimum atomic E-state index is 0. The highest BCUT2D eigenvalue weighted by Gasteiger charge is 2.25. The third-order valence-electron chi connectivity index (χ3n) is 3.35. The van der Waals surface area contributed by atoms with Gasteiger partial charge in [-0.1, -0.05) is 13.8 Å². The molecule has 1 unspecified atom stereocenters. The number of piperidine rings is 1. The van der Waals surface area contributed by atoms with E-state index >= 15 is 0 Å². The van der Waals surface area contributed by atoms with Crippen molar-refractivity contribution in [1.82, 2.24) is 10.2 Å². The molecule has 0 saturated carbocycles. The van der Waals surface area contributed by atoms with Gasteiger partial charge in [0.05, 0.1) is 6.54 Å². The Morgan fingerprint density at radius 2 is 2.12 bits per heavy atom. The van der Waals surface area contributed by atoms with Crippen LogP contribution >= 0.6 is 12.4 Å². The topological polar surface area (TPSA) is 32.3 Å². The van der Waals surface area contributed by atoms with Crippen molar-refractivity contribution in [1.29, 1.82) is 0 Å². The molecule has 3 nitrogen and oxygen atoms in total. The standard InChI is InChI=1S/C13H26N2O.ClH/c1-11(2)7-8-12-6-4-5-9-15(12)13(16)10-14-3;/h11-12,14H,4-10H2,1-3H3;1H. The lowest BCUT2D eigenvalue weighted by atomic mass is 9.94. The second-order valence-corrected chi connectivity index (χ2v) is 5.24. The Hall–Kier alpha value is -0.280. The van der Waals surface area contributed by atoms with E-state index in [1.54, 1.807) is 0 Å². The third kappa shape index (κ3) is 5.73. The maximum Gasteiger partial charge on any atom is 0.236 e.